The van der Waals surface area contributed by atoms with Gasteiger partial charge in [-0.2, -0.15) is 3.71 Å². The summed E-state index contributed by atoms with van der Waals surface area (Å²) in [5.41, 5.74) is 1.78. The van der Waals surface area contributed by atoms with Gasteiger partial charge in [0.2, 0.25) is 0 Å². The van der Waals surface area contributed by atoms with E-state index >= 15 is 0 Å². The molecular formula is C32H30N2O7S2. The van der Waals surface area contributed by atoms with E-state index in [4.69, 9.17) is 9.15 Å². The van der Waals surface area contributed by atoms with Crippen LogP contribution in [0.3, 0.4) is 0 Å². The van der Waals surface area contributed by atoms with Crippen LogP contribution >= 0.6 is 0 Å². The Morgan fingerprint density at radius 1 is 0.767 bits per heavy atom. The van der Waals surface area contributed by atoms with E-state index in [1.54, 1.807) is 68.4 Å². The number of benzene rings is 4. The molecule has 0 fully saturated rings. The van der Waals surface area contributed by atoms with Crippen molar-refractivity contribution in [3.63, 3.8) is 0 Å². The maximum absolute atomic E-state index is 14.0. The van der Waals surface area contributed by atoms with Crippen molar-refractivity contribution in [2.24, 2.45) is 0 Å². The van der Waals surface area contributed by atoms with E-state index in [0.717, 1.165) is 11.1 Å². The predicted octanol–water partition coefficient (Wildman–Crippen LogP) is 5.26. The largest absolute Gasteiger partial charge is 0.492 e. The highest BCUT2D eigenvalue weighted by molar-refractivity contribution is 8.10. The number of aryl methyl sites for hydroxylation is 2. The molecule has 0 aliphatic heterocycles. The summed E-state index contributed by atoms with van der Waals surface area (Å²) in [4.78, 5) is 12.6. The number of fused-ring (bicyclic) bond motifs is 1. The Bertz CT molecular complexity index is 1980. The minimum atomic E-state index is -4.61. The van der Waals surface area contributed by atoms with Gasteiger partial charge in [-0.15, -0.1) is 0 Å². The summed E-state index contributed by atoms with van der Waals surface area (Å²) in [7, 11) is -7.41. The zero-order chi connectivity index (χ0) is 30.8. The highest BCUT2D eigenvalue weighted by Crippen LogP contribution is 2.34. The van der Waals surface area contributed by atoms with Gasteiger partial charge in [0.25, 0.3) is 20.0 Å². The first-order valence-corrected chi connectivity index (χ1v) is 16.3. The van der Waals surface area contributed by atoms with Gasteiger partial charge in [0.15, 0.2) is 0 Å². The fourth-order valence-corrected chi connectivity index (χ4v) is 8.14. The molecule has 0 amide bonds. The van der Waals surface area contributed by atoms with Crippen LogP contribution in [0.15, 0.2) is 116 Å². The third-order valence-corrected chi connectivity index (χ3v) is 11.0. The van der Waals surface area contributed by atoms with Crippen LogP contribution in [0, 0.1) is 13.8 Å². The Kier molecular flexibility index (Phi) is 8.41. The van der Waals surface area contributed by atoms with Gasteiger partial charge in [0, 0.05) is 11.9 Å². The van der Waals surface area contributed by atoms with Crippen molar-refractivity contribution in [1.82, 2.24) is 5.32 Å². The van der Waals surface area contributed by atoms with Crippen molar-refractivity contribution in [2.75, 3.05) is 23.9 Å². The van der Waals surface area contributed by atoms with E-state index in [2.05, 4.69) is 5.32 Å². The molecule has 1 aromatic heterocycles. The van der Waals surface area contributed by atoms with Crippen molar-refractivity contribution >= 4 is 36.7 Å². The number of ether oxygens (including phenoxy) is 1. The van der Waals surface area contributed by atoms with Crippen LogP contribution in [0.5, 0.6) is 5.75 Å². The van der Waals surface area contributed by atoms with Crippen LogP contribution in [0.1, 0.15) is 11.1 Å². The molecule has 0 radical (unpaired) electrons. The minimum Gasteiger partial charge on any atom is -0.492 e. The second-order valence-corrected chi connectivity index (χ2v) is 13.8. The SMILES string of the molecule is CNCCOc1cccc(-c2cc3cc(N(S(=O)(=O)c4ccc(C)cc4)S(=O)(=O)c4ccc(C)cc4)ccc3oc2=O)c1. The summed E-state index contributed by atoms with van der Waals surface area (Å²) >= 11 is 0. The van der Waals surface area contributed by atoms with Crippen LogP contribution in [0.4, 0.5) is 5.69 Å². The highest BCUT2D eigenvalue weighted by atomic mass is 32.3. The van der Waals surface area contributed by atoms with Crippen molar-refractivity contribution in [3.8, 4) is 16.9 Å². The van der Waals surface area contributed by atoms with Crippen LogP contribution < -0.4 is 19.4 Å². The molecule has 0 atom stereocenters. The lowest BCUT2D eigenvalue weighted by Gasteiger charge is -2.24. The molecule has 0 saturated carbocycles. The number of nitrogens with zero attached hydrogens (tertiary/aromatic N) is 1. The molecule has 43 heavy (non-hydrogen) atoms. The first kappa shape index (κ1) is 30.0. The van der Waals surface area contributed by atoms with Crippen LogP contribution in [0.25, 0.3) is 22.1 Å². The Balaban J connectivity index is 1.67. The third kappa shape index (κ3) is 6.19. The molecule has 0 spiro atoms. The van der Waals surface area contributed by atoms with Crippen molar-refractivity contribution in [1.29, 1.82) is 0 Å². The standard InChI is InChI=1S/C32H30N2O7S2/c1-22-7-12-28(13-8-22)42(36,37)34(43(38,39)29-14-9-23(2)10-15-29)26-11-16-31-25(19-26)21-30(32(35)41-31)24-5-4-6-27(20-24)40-18-17-33-3/h4-16,19-21,33H,17-18H2,1-3H3. The quantitative estimate of drug-likeness (QED) is 0.166. The molecular weight excluding hydrogens is 588 g/mol. The fourth-order valence-electron chi connectivity index (χ4n) is 4.47. The van der Waals surface area contributed by atoms with Gasteiger partial charge >= 0.3 is 5.63 Å². The fraction of sp³-hybridized carbons (Fsp3) is 0.156. The average Bonchev–Trinajstić information content (AvgIpc) is 2.97. The van der Waals surface area contributed by atoms with Crippen molar-refractivity contribution < 1.29 is 26.0 Å². The van der Waals surface area contributed by atoms with E-state index in [1.165, 1.54) is 42.5 Å². The molecule has 0 unspecified atom stereocenters. The smallest absolute Gasteiger partial charge is 0.344 e. The molecule has 5 rings (SSSR count). The molecule has 5 aromatic rings. The molecule has 1 heterocycles. The zero-order valence-corrected chi connectivity index (χ0v) is 25.4. The number of hydrogen-bond acceptors (Lipinski definition) is 8. The Labute approximate surface area is 250 Å². The number of likely N-dealkylation sites (N-methyl/N-ethyl adjacent to an activating group) is 1. The predicted molar refractivity (Wildman–Crippen MR) is 167 cm³/mol. The molecule has 0 aliphatic carbocycles. The lowest BCUT2D eigenvalue weighted by molar-refractivity contribution is 0.318. The Morgan fingerprint density at radius 3 is 1.95 bits per heavy atom. The van der Waals surface area contributed by atoms with Crippen LogP contribution in [-0.2, 0) is 20.0 Å². The van der Waals surface area contributed by atoms with Crippen molar-refractivity contribution in [2.45, 2.75) is 23.6 Å². The van der Waals surface area contributed by atoms with E-state index in [0.29, 0.717) is 33.6 Å². The Morgan fingerprint density at radius 2 is 1.37 bits per heavy atom. The van der Waals surface area contributed by atoms with Gasteiger partial charge in [-0.3, -0.25) is 0 Å². The lowest BCUT2D eigenvalue weighted by atomic mass is 10.1. The van der Waals surface area contributed by atoms with E-state index < -0.39 is 25.7 Å². The maximum Gasteiger partial charge on any atom is 0.344 e. The highest BCUT2D eigenvalue weighted by Gasteiger charge is 2.37. The summed E-state index contributed by atoms with van der Waals surface area (Å²) in [5.74, 6) is 0.556. The summed E-state index contributed by atoms with van der Waals surface area (Å²) in [5, 5.41) is 3.33. The van der Waals surface area contributed by atoms with Gasteiger partial charge < -0.3 is 14.5 Å². The second kappa shape index (κ2) is 12.0. The molecule has 9 nitrogen and oxygen atoms in total. The number of nitrogens with one attached hydrogen (secondary N) is 1. The number of sulfonamides is 2. The average molecular weight is 619 g/mol. The van der Waals surface area contributed by atoms with E-state index in [1.807, 2.05) is 7.05 Å². The van der Waals surface area contributed by atoms with Crippen LogP contribution in [-0.4, -0.2) is 37.0 Å². The van der Waals surface area contributed by atoms with Gasteiger partial charge in [0.1, 0.15) is 17.9 Å². The van der Waals surface area contributed by atoms with Gasteiger partial charge in [-0.1, -0.05) is 47.5 Å². The molecule has 0 aliphatic rings. The topological polar surface area (TPSA) is 123 Å². The maximum atomic E-state index is 14.0. The van der Waals surface area contributed by atoms with Gasteiger partial charge in [-0.25, -0.2) is 21.6 Å². The minimum absolute atomic E-state index is 0.141. The first-order chi connectivity index (χ1) is 20.5. The van der Waals surface area contributed by atoms with E-state index in [-0.39, 0.29) is 26.6 Å². The molecule has 1 N–H and O–H groups in total. The Hall–Kier alpha value is -4.45. The van der Waals surface area contributed by atoms with Crippen molar-refractivity contribution in [3.05, 3.63) is 119 Å². The number of hydrogen-bond donors (Lipinski definition) is 1. The van der Waals surface area contributed by atoms with Gasteiger partial charge in [0.05, 0.1) is 21.0 Å². The van der Waals surface area contributed by atoms with Crippen LogP contribution in [0.2, 0.25) is 0 Å². The number of rotatable bonds is 10. The first-order valence-electron chi connectivity index (χ1n) is 13.4. The lowest BCUT2D eigenvalue weighted by Crippen LogP contribution is -2.37. The molecule has 0 bridgehead atoms. The molecule has 4 aromatic carbocycles. The monoisotopic (exact) mass is 618 g/mol. The van der Waals surface area contributed by atoms with E-state index in [9.17, 15) is 21.6 Å². The summed E-state index contributed by atoms with van der Waals surface area (Å²) in [6, 6.07) is 24.4. The molecule has 222 valence electrons. The summed E-state index contributed by atoms with van der Waals surface area (Å²) in [6.45, 7) is 4.67. The third-order valence-electron chi connectivity index (χ3n) is 6.77. The normalized spacial score (nSPS) is 11.9. The summed E-state index contributed by atoms with van der Waals surface area (Å²) in [6.07, 6.45) is 0. The second-order valence-electron chi connectivity index (χ2n) is 9.98. The number of anilines is 1. The molecule has 11 heteroatoms. The molecule has 0 saturated heterocycles. The van der Waals surface area contributed by atoms with Gasteiger partial charge in [-0.05, 0) is 87.1 Å². The summed E-state index contributed by atoms with van der Waals surface area (Å²) < 4.78 is 67.8. The zero-order valence-electron chi connectivity index (χ0n) is 23.8.